The van der Waals surface area contributed by atoms with Gasteiger partial charge < -0.3 is 5.32 Å². The summed E-state index contributed by atoms with van der Waals surface area (Å²) >= 11 is 1.41. The van der Waals surface area contributed by atoms with Gasteiger partial charge in [-0.1, -0.05) is 12.1 Å². The maximum absolute atomic E-state index is 12.4. The molecule has 0 spiro atoms. The molecule has 1 fully saturated rings. The van der Waals surface area contributed by atoms with E-state index in [1.54, 1.807) is 42.6 Å². The fourth-order valence-corrected chi connectivity index (χ4v) is 3.15. The van der Waals surface area contributed by atoms with Crippen molar-refractivity contribution in [1.29, 1.82) is 0 Å². The standard InChI is InChI=1S/C18H17N3O3S/c1-25-18-14(3-2-10-19-18)17(24)20-13-6-4-12(5-7-13)11-21-15(22)8-9-16(21)23/h2-7,10H,8-9,11H2,1H3,(H,20,24). The summed E-state index contributed by atoms with van der Waals surface area (Å²) < 4.78 is 0. The maximum atomic E-state index is 12.4. The first-order valence-electron chi connectivity index (χ1n) is 7.81. The summed E-state index contributed by atoms with van der Waals surface area (Å²) in [5.41, 5.74) is 2.00. The zero-order chi connectivity index (χ0) is 17.8. The molecule has 0 saturated carbocycles. The van der Waals surface area contributed by atoms with E-state index >= 15 is 0 Å². The number of benzene rings is 1. The van der Waals surface area contributed by atoms with E-state index in [-0.39, 0.29) is 37.1 Å². The van der Waals surface area contributed by atoms with Gasteiger partial charge in [0.25, 0.3) is 5.91 Å². The van der Waals surface area contributed by atoms with Gasteiger partial charge in [0.1, 0.15) is 5.03 Å². The largest absolute Gasteiger partial charge is 0.322 e. The van der Waals surface area contributed by atoms with E-state index in [1.807, 2.05) is 6.26 Å². The van der Waals surface area contributed by atoms with E-state index in [0.717, 1.165) is 5.56 Å². The molecule has 2 heterocycles. The van der Waals surface area contributed by atoms with Crippen molar-refractivity contribution in [3.05, 3.63) is 53.7 Å². The number of aromatic nitrogens is 1. The molecule has 128 valence electrons. The Balaban J connectivity index is 1.67. The summed E-state index contributed by atoms with van der Waals surface area (Å²) in [4.78, 5) is 41.1. The third kappa shape index (κ3) is 3.88. The molecule has 1 aliphatic heterocycles. The molecule has 0 aliphatic carbocycles. The summed E-state index contributed by atoms with van der Waals surface area (Å²) in [7, 11) is 0. The molecule has 6 nitrogen and oxygen atoms in total. The number of hydrogen-bond acceptors (Lipinski definition) is 5. The van der Waals surface area contributed by atoms with Crippen LogP contribution in [0.4, 0.5) is 5.69 Å². The van der Waals surface area contributed by atoms with Crippen LogP contribution in [0.5, 0.6) is 0 Å². The van der Waals surface area contributed by atoms with Gasteiger partial charge in [0.2, 0.25) is 11.8 Å². The van der Waals surface area contributed by atoms with Gasteiger partial charge in [-0.25, -0.2) is 4.98 Å². The van der Waals surface area contributed by atoms with E-state index in [1.165, 1.54) is 16.7 Å². The van der Waals surface area contributed by atoms with Crippen LogP contribution in [0.15, 0.2) is 47.6 Å². The minimum Gasteiger partial charge on any atom is -0.322 e. The highest BCUT2D eigenvalue weighted by Gasteiger charge is 2.28. The third-order valence-corrected chi connectivity index (χ3v) is 4.63. The number of pyridine rings is 1. The monoisotopic (exact) mass is 355 g/mol. The van der Waals surface area contributed by atoms with Crippen LogP contribution in [-0.2, 0) is 16.1 Å². The van der Waals surface area contributed by atoms with Crippen molar-refractivity contribution in [1.82, 2.24) is 9.88 Å². The molecule has 1 saturated heterocycles. The second-order valence-corrected chi connectivity index (χ2v) is 6.38. The van der Waals surface area contributed by atoms with E-state index in [9.17, 15) is 14.4 Å². The highest BCUT2D eigenvalue weighted by Crippen LogP contribution is 2.20. The summed E-state index contributed by atoms with van der Waals surface area (Å²) in [5, 5.41) is 3.50. The fraction of sp³-hybridized carbons (Fsp3) is 0.222. The summed E-state index contributed by atoms with van der Waals surface area (Å²) in [6.07, 6.45) is 4.10. The van der Waals surface area contributed by atoms with Crippen LogP contribution in [-0.4, -0.2) is 33.9 Å². The smallest absolute Gasteiger partial charge is 0.258 e. The number of hydrogen-bond donors (Lipinski definition) is 1. The zero-order valence-corrected chi connectivity index (χ0v) is 14.5. The average Bonchev–Trinajstić information content (AvgIpc) is 2.95. The lowest BCUT2D eigenvalue weighted by atomic mass is 10.2. The van der Waals surface area contributed by atoms with E-state index in [2.05, 4.69) is 10.3 Å². The van der Waals surface area contributed by atoms with Gasteiger partial charge in [0, 0.05) is 24.7 Å². The Kier molecular flexibility index (Phi) is 5.14. The van der Waals surface area contributed by atoms with E-state index < -0.39 is 0 Å². The second kappa shape index (κ2) is 7.48. The van der Waals surface area contributed by atoms with Crippen LogP contribution < -0.4 is 5.32 Å². The Morgan fingerprint density at radius 1 is 1.16 bits per heavy atom. The van der Waals surface area contributed by atoms with Gasteiger partial charge in [-0.2, -0.15) is 0 Å². The number of nitrogens with zero attached hydrogens (tertiary/aromatic N) is 2. The highest BCUT2D eigenvalue weighted by molar-refractivity contribution is 7.98. The molecule has 2 aromatic rings. The molecule has 3 amide bonds. The Hall–Kier alpha value is -2.67. The molecule has 25 heavy (non-hydrogen) atoms. The molecule has 1 aromatic heterocycles. The van der Waals surface area contributed by atoms with E-state index in [4.69, 9.17) is 0 Å². The van der Waals surface area contributed by atoms with Gasteiger partial charge in [-0.15, -0.1) is 11.8 Å². The lowest BCUT2D eigenvalue weighted by Gasteiger charge is -2.14. The molecular formula is C18H17N3O3S. The number of thioether (sulfide) groups is 1. The highest BCUT2D eigenvalue weighted by atomic mass is 32.2. The first-order chi connectivity index (χ1) is 12.1. The second-order valence-electron chi connectivity index (χ2n) is 5.58. The van der Waals surface area contributed by atoms with Gasteiger partial charge >= 0.3 is 0 Å². The van der Waals surface area contributed by atoms with Crippen molar-refractivity contribution in [3.63, 3.8) is 0 Å². The van der Waals surface area contributed by atoms with Crippen molar-refractivity contribution < 1.29 is 14.4 Å². The van der Waals surface area contributed by atoms with Crippen LogP contribution in [0.3, 0.4) is 0 Å². The number of carbonyl (C=O) groups excluding carboxylic acids is 3. The summed E-state index contributed by atoms with van der Waals surface area (Å²) in [6, 6.07) is 10.6. The first-order valence-corrected chi connectivity index (χ1v) is 9.03. The number of anilines is 1. The molecule has 0 radical (unpaired) electrons. The molecule has 1 N–H and O–H groups in total. The number of nitrogens with one attached hydrogen (secondary N) is 1. The first kappa shape index (κ1) is 17.2. The summed E-state index contributed by atoms with van der Waals surface area (Å²) in [6.45, 7) is 0.269. The predicted molar refractivity (Wildman–Crippen MR) is 95.2 cm³/mol. The average molecular weight is 355 g/mol. The fourth-order valence-electron chi connectivity index (χ4n) is 2.60. The van der Waals surface area contributed by atoms with Crippen LogP contribution >= 0.6 is 11.8 Å². The number of rotatable bonds is 5. The molecule has 1 aromatic carbocycles. The molecule has 0 unspecified atom stereocenters. The molecule has 0 bridgehead atoms. The Morgan fingerprint density at radius 2 is 1.84 bits per heavy atom. The number of imide groups is 1. The van der Waals surface area contributed by atoms with Gasteiger partial charge in [-0.3, -0.25) is 19.3 Å². The van der Waals surface area contributed by atoms with Crippen molar-refractivity contribution in [2.45, 2.75) is 24.4 Å². The van der Waals surface area contributed by atoms with Gasteiger partial charge in [-0.05, 0) is 36.1 Å². The lowest BCUT2D eigenvalue weighted by molar-refractivity contribution is -0.139. The maximum Gasteiger partial charge on any atom is 0.258 e. The lowest BCUT2D eigenvalue weighted by Crippen LogP contribution is -2.28. The van der Waals surface area contributed by atoms with Crippen LogP contribution in [0, 0.1) is 0 Å². The molecule has 3 rings (SSSR count). The van der Waals surface area contributed by atoms with E-state index in [0.29, 0.717) is 16.3 Å². The molecule has 1 aliphatic rings. The Bertz CT molecular complexity index is 805. The predicted octanol–water partition coefficient (Wildman–Crippen LogP) is 2.70. The molecule has 0 atom stereocenters. The molecular weight excluding hydrogens is 338 g/mol. The Morgan fingerprint density at radius 3 is 2.48 bits per heavy atom. The van der Waals surface area contributed by atoms with Crippen molar-refractivity contribution in [3.8, 4) is 0 Å². The number of likely N-dealkylation sites (tertiary alicyclic amines) is 1. The number of carbonyl (C=O) groups is 3. The zero-order valence-electron chi connectivity index (χ0n) is 13.7. The normalized spacial score (nSPS) is 14.0. The van der Waals surface area contributed by atoms with Crippen LogP contribution in [0.2, 0.25) is 0 Å². The Labute approximate surface area is 149 Å². The van der Waals surface area contributed by atoms with Crippen molar-refractivity contribution >= 4 is 35.2 Å². The van der Waals surface area contributed by atoms with Crippen molar-refractivity contribution in [2.75, 3.05) is 11.6 Å². The molecule has 7 heteroatoms. The van der Waals surface area contributed by atoms with Crippen molar-refractivity contribution in [2.24, 2.45) is 0 Å². The topological polar surface area (TPSA) is 79.4 Å². The SMILES string of the molecule is CSc1ncccc1C(=O)Nc1ccc(CN2C(=O)CCC2=O)cc1. The van der Waals surface area contributed by atoms with Crippen LogP contribution in [0.25, 0.3) is 0 Å². The van der Waals surface area contributed by atoms with Crippen LogP contribution in [0.1, 0.15) is 28.8 Å². The number of amides is 3. The quantitative estimate of drug-likeness (QED) is 0.659. The third-order valence-electron chi connectivity index (χ3n) is 3.92. The minimum absolute atomic E-state index is 0.136. The van der Waals surface area contributed by atoms with Gasteiger partial charge in [0.15, 0.2) is 0 Å². The van der Waals surface area contributed by atoms with Gasteiger partial charge in [0.05, 0.1) is 12.1 Å². The minimum atomic E-state index is -0.227. The summed E-state index contributed by atoms with van der Waals surface area (Å²) in [5.74, 6) is -0.498.